The second-order valence-electron chi connectivity index (χ2n) is 4.04. The molecule has 0 aromatic heterocycles. The standard InChI is InChI=1S/C16H15NO3/c1-18-14-8-5-9-15(16(14)19-2)20-13-7-4-3-6-12(13)10-11-17/h3-9H,10H2,1-2H3. The summed E-state index contributed by atoms with van der Waals surface area (Å²) in [5, 5.41) is 8.84. The van der Waals surface area contributed by atoms with Crippen LogP contribution in [0.25, 0.3) is 0 Å². The lowest BCUT2D eigenvalue weighted by Crippen LogP contribution is -1.96. The fourth-order valence-electron chi connectivity index (χ4n) is 1.89. The normalized spacial score (nSPS) is 9.65. The van der Waals surface area contributed by atoms with E-state index in [2.05, 4.69) is 6.07 Å². The third-order valence-electron chi connectivity index (χ3n) is 2.83. The zero-order valence-corrected chi connectivity index (χ0v) is 11.4. The van der Waals surface area contributed by atoms with Gasteiger partial charge >= 0.3 is 0 Å². The van der Waals surface area contributed by atoms with Gasteiger partial charge < -0.3 is 14.2 Å². The molecule has 0 aliphatic carbocycles. The Kier molecular flexibility index (Phi) is 4.46. The van der Waals surface area contributed by atoms with Crippen LogP contribution in [0.3, 0.4) is 0 Å². The van der Waals surface area contributed by atoms with Crippen molar-refractivity contribution in [3.8, 4) is 29.1 Å². The summed E-state index contributed by atoms with van der Waals surface area (Å²) in [7, 11) is 3.14. The van der Waals surface area contributed by atoms with Crippen LogP contribution in [-0.2, 0) is 6.42 Å². The topological polar surface area (TPSA) is 51.5 Å². The Balaban J connectivity index is 2.38. The van der Waals surface area contributed by atoms with Crippen LogP contribution in [0, 0.1) is 11.3 Å². The molecule has 2 rings (SSSR count). The summed E-state index contributed by atoms with van der Waals surface area (Å²) in [5.74, 6) is 2.32. The van der Waals surface area contributed by atoms with Crippen molar-refractivity contribution in [3.63, 3.8) is 0 Å². The molecule has 4 heteroatoms. The van der Waals surface area contributed by atoms with Gasteiger partial charge in [-0.3, -0.25) is 0 Å². The fraction of sp³-hybridized carbons (Fsp3) is 0.188. The van der Waals surface area contributed by atoms with E-state index in [4.69, 9.17) is 19.5 Å². The van der Waals surface area contributed by atoms with Crippen molar-refractivity contribution in [2.24, 2.45) is 0 Å². The number of benzene rings is 2. The number of methoxy groups -OCH3 is 2. The molecule has 0 saturated carbocycles. The average molecular weight is 269 g/mol. The minimum Gasteiger partial charge on any atom is -0.493 e. The van der Waals surface area contributed by atoms with Gasteiger partial charge in [0.05, 0.1) is 26.7 Å². The maximum Gasteiger partial charge on any atom is 0.203 e. The first-order valence-corrected chi connectivity index (χ1v) is 6.14. The number of nitrogens with zero attached hydrogens (tertiary/aromatic N) is 1. The van der Waals surface area contributed by atoms with Crippen LogP contribution in [-0.4, -0.2) is 14.2 Å². The molecule has 0 radical (unpaired) electrons. The van der Waals surface area contributed by atoms with Crippen LogP contribution in [0.2, 0.25) is 0 Å². The van der Waals surface area contributed by atoms with E-state index in [-0.39, 0.29) is 0 Å². The van der Waals surface area contributed by atoms with Crippen molar-refractivity contribution >= 4 is 0 Å². The highest BCUT2D eigenvalue weighted by atomic mass is 16.5. The number of para-hydroxylation sites is 2. The molecule has 2 aromatic carbocycles. The van der Waals surface area contributed by atoms with Crippen molar-refractivity contribution in [3.05, 3.63) is 48.0 Å². The first kappa shape index (κ1) is 13.8. The molecule has 0 N–H and O–H groups in total. The van der Waals surface area contributed by atoms with Gasteiger partial charge in [-0.25, -0.2) is 0 Å². The van der Waals surface area contributed by atoms with Crippen molar-refractivity contribution in [1.29, 1.82) is 5.26 Å². The van der Waals surface area contributed by atoms with Crippen molar-refractivity contribution in [2.75, 3.05) is 14.2 Å². The molecule has 0 saturated heterocycles. The Morgan fingerprint density at radius 2 is 1.60 bits per heavy atom. The lowest BCUT2D eigenvalue weighted by Gasteiger charge is -2.14. The van der Waals surface area contributed by atoms with Crippen molar-refractivity contribution < 1.29 is 14.2 Å². The van der Waals surface area contributed by atoms with Gasteiger partial charge in [0, 0.05) is 5.56 Å². The van der Waals surface area contributed by atoms with E-state index in [1.807, 2.05) is 30.3 Å². The summed E-state index contributed by atoms with van der Waals surface area (Å²) < 4.78 is 16.4. The maximum absolute atomic E-state index is 8.84. The second kappa shape index (κ2) is 6.48. The third kappa shape index (κ3) is 2.83. The average Bonchev–Trinajstić information content (AvgIpc) is 2.49. The highest BCUT2D eigenvalue weighted by molar-refractivity contribution is 5.53. The number of rotatable bonds is 5. The molecule has 0 bridgehead atoms. The third-order valence-corrected chi connectivity index (χ3v) is 2.83. The van der Waals surface area contributed by atoms with E-state index in [0.717, 1.165) is 5.56 Å². The van der Waals surface area contributed by atoms with Gasteiger partial charge in [-0.05, 0) is 18.2 Å². The molecule has 20 heavy (non-hydrogen) atoms. The minimum absolute atomic E-state index is 0.294. The Bertz CT molecular complexity index is 632. The molecule has 0 fully saturated rings. The number of nitriles is 1. The lowest BCUT2D eigenvalue weighted by atomic mass is 10.1. The van der Waals surface area contributed by atoms with E-state index in [0.29, 0.717) is 29.4 Å². The molecule has 0 atom stereocenters. The minimum atomic E-state index is 0.294. The van der Waals surface area contributed by atoms with Gasteiger partial charge in [0.25, 0.3) is 0 Å². The Morgan fingerprint density at radius 3 is 2.30 bits per heavy atom. The largest absolute Gasteiger partial charge is 0.493 e. The van der Waals surface area contributed by atoms with Gasteiger partial charge in [0.2, 0.25) is 5.75 Å². The maximum atomic E-state index is 8.84. The van der Waals surface area contributed by atoms with Gasteiger partial charge in [-0.2, -0.15) is 5.26 Å². The molecular formula is C16H15NO3. The van der Waals surface area contributed by atoms with E-state index < -0.39 is 0 Å². The fourth-order valence-corrected chi connectivity index (χ4v) is 1.89. The SMILES string of the molecule is COc1cccc(Oc2ccccc2CC#N)c1OC. The Labute approximate surface area is 118 Å². The van der Waals surface area contributed by atoms with Gasteiger partial charge in [0.15, 0.2) is 11.5 Å². The summed E-state index contributed by atoms with van der Waals surface area (Å²) in [6.45, 7) is 0. The van der Waals surface area contributed by atoms with Gasteiger partial charge in [0.1, 0.15) is 5.75 Å². The lowest BCUT2D eigenvalue weighted by molar-refractivity contribution is 0.336. The predicted octanol–water partition coefficient (Wildman–Crippen LogP) is 3.56. The van der Waals surface area contributed by atoms with E-state index in [9.17, 15) is 0 Å². The molecular weight excluding hydrogens is 254 g/mol. The van der Waals surface area contributed by atoms with Crippen LogP contribution in [0.1, 0.15) is 5.56 Å². The van der Waals surface area contributed by atoms with Crippen LogP contribution >= 0.6 is 0 Å². The van der Waals surface area contributed by atoms with Crippen molar-refractivity contribution in [2.45, 2.75) is 6.42 Å². The highest BCUT2D eigenvalue weighted by Gasteiger charge is 2.13. The molecule has 0 unspecified atom stereocenters. The number of hydrogen-bond acceptors (Lipinski definition) is 4. The molecule has 4 nitrogen and oxygen atoms in total. The van der Waals surface area contributed by atoms with E-state index >= 15 is 0 Å². The molecule has 0 aliphatic rings. The first-order chi connectivity index (χ1) is 9.80. The number of ether oxygens (including phenoxy) is 3. The molecule has 0 spiro atoms. The smallest absolute Gasteiger partial charge is 0.203 e. The number of hydrogen-bond donors (Lipinski definition) is 0. The zero-order valence-electron chi connectivity index (χ0n) is 11.4. The summed E-state index contributed by atoms with van der Waals surface area (Å²) in [6.07, 6.45) is 0.294. The van der Waals surface area contributed by atoms with E-state index in [1.54, 1.807) is 26.4 Å². The van der Waals surface area contributed by atoms with Gasteiger partial charge in [-0.15, -0.1) is 0 Å². The van der Waals surface area contributed by atoms with Gasteiger partial charge in [-0.1, -0.05) is 24.3 Å². The first-order valence-electron chi connectivity index (χ1n) is 6.14. The molecule has 0 heterocycles. The molecule has 2 aromatic rings. The molecule has 102 valence electrons. The molecule has 0 aliphatic heterocycles. The predicted molar refractivity (Wildman–Crippen MR) is 75.4 cm³/mol. The summed E-state index contributed by atoms with van der Waals surface area (Å²) >= 11 is 0. The summed E-state index contributed by atoms with van der Waals surface area (Å²) in [6, 6.07) is 15.0. The quantitative estimate of drug-likeness (QED) is 0.832. The summed E-state index contributed by atoms with van der Waals surface area (Å²) in [5.41, 5.74) is 0.833. The summed E-state index contributed by atoms with van der Waals surface area (Å²) in [4.78, 5) is 0. The van der Waals surface area contributed by atoms with Crippen LogP contribution < -0.4 is 14.2 Å². The van der Waals surface area contributed by atoms with E-state index in [1.165, 1.54) is 0 Å². The Morgan fingerprint density at radius 1 is 0.900 bits per heavy atom. The second-order valence-corrected chi connectivity index (χ2v) is 4.04. The monoisotopic (exact) mass is 269 g/mol. The highest BCUT2D eigenvalue weighted by Crippen LogP contribution is 2.39. The molecule has 0 amide bonds. The van der Waals surface area contributed by atoms with Crippen LogP contribution in [0.4, 0.5) is 0 Å². The van der Waals surface area contributed by atoms with Crippen LogP contribution in [0.5, 0.6) is 23.0 Å². The Hall–Kier alpha value is -2.67. The van der Waals surface area contributed by atoms with Crippen LogP contribution in [0.15, 0.2) is 42.5 Å². The van der Waals surface area contributed by atoms with Crippen molar-refractivity contribution in [1.82, 2.24) is 0 Å². The zero-order chi connectivity index (χ0) is 14.4.